The molecule has 0 spiro atoms. The van der Waals surface area contributed by atoms with Gasteiger partial charge in [0, 0.05) is 58.0 Å². The Labute approximate surface area is 152 Å². The van der Waals surface area contributed by atoms with E-state index in [1.807, 2.05) is 53.7 Å². The van der Waals surface area contributed by atoms with E-state index in [-0.39, 0.29) is 5.91 Å². The van der Waals surface area contributed by atoms with E-state index in [1.54, 1.807) is 0 Å². The maximum absolute atomic E-state index is 12.5. The first-order valence-corrected chi connectivity index (χ1v) is 9.01. The highest BCUT2D eigenvalue weighted by Gasteiger charge is 2.21. The van der Waals surface area contributed by atoms with E-state index >= 15 is 0 Å². The number of amides is 1. The molecule has 1 saturated heterocycles. The van der Waals surface area contributed by atoms with Crippen molar-refractivity contribution in [3.63, 3.8) is 0 Å². The molecule has 0 radical (unpaired) electrons. The van der Waals surface area contributed by atoms with E-state index in [2.05, 4.69) is 14.9 Å². The van der Waals surface area contributed by atoms with Gasteiger partial charge in [0.15, 0.2) is 11.5 Å². The normalized spacial score (nSPS) is 15.5. The molecule has 1 aromatic carbocycles. The zero-order chi connectivity index (χ0) is 17.8. The van der Waals surface area contributed by atoms with Gasteiger partial charge in [-0.2, -0.15) is 0 Å². The summed E-state index contributed by atoms with van der Waals surface area (Å²) in [5, 5.41) is 0. The minimum Gasteiger partial charge on any atom is -0.441 e. The highest BCUT2D eigenvalue weighted by Crippen LogP contribution is 2.16. The summed E-state index contributed by atoms with van der Waals surface area (Å²) >= 11 is 0. The molecule has 4 rings (SSSR count). The van der Waals surface area contributed by atoms with Crippen LogP contribution in [0.15, 0.2) is 53.2 Å². The molecular weight excluding hydrogens is 328 g/mol. The van der Waals surface area contributed by atoms with Crippen molar-refractivity contribution in [2.24, 2.45) is 0 Å². The topological polar surface area (TPSA) is 62.5 Å². The van der Waals surface area contributed by atoms with Crippen molar-refractivity contribution >= 4 is 17.0 Å². The van der Waals surface area contributed by atoms with Crippen LogP contribution in [0.1, 0.15) is 17.9 Å². The van der Waals surface area contributed by atoms with Crippen LogP contribution in [-0.4, -0.2) is 51.9 Å². The first-order chi connectivity index (χ1) is 12.8. The summed E-state index contributed by atoms with van der Waals surface area (Å²) in [5.41, 5.74) is 2.88. The molecule has 2 aromatic heterocycles. The summed E-state index contributed by atoms with van der Waals surface area (Å²) in [4.78, 5) is 25.3. The average Bonchev–Trinajstić information content (AvgIpc) is 3.10. The van der Waals surface area contributed by atoms with Gasteiger partial charge in [-0.05, 0) is 29.8 Å². The van der Waals surface area contributed by atoms with E-state index in [1.165, 1.54) is 5.56 Å². The molecule has 1 aliphatic rings. The lowest BCUT2D eigenvalue weighted by molar-refractivity contribution is -0.133. The van der Waals surface area contributed by atoms with Crippen molar-refractivity contribution in [3.8, 4) is 0 Å². The van der Waals surface area contributed by atoms with Crippen LogP contribution in [0, 0.1) is 0 Å². The molecule has 3 aromatic rings. The molecule has 0 aliphatic carbocycles. The van der Waals surface area contributed by atoms with E-state index in [0.29, 0.717) is 18.7 Å². The standard InChI is InChI=1S/C20H22N4O2/c25-20(6-5-19-22-17-3-1-2-4-18(17)26-19)24-13-11-23(12-14-24)15-16-7-9-21-10-8-16/h1-4,7-10H,5-6,11-15H2. The second-order valence-electron chi connectivity index (χ2n) is 6.59. The number of fused-ring (bicyclic) bond motifs is 1. The predicted molar refractivity (Wildman–Crippen MR) is 98.4 cm³/mol. The Morgan fingerprint density at radius 2 is 1.81 bits per heavy atom. The van der Waals surface area contributed by atoms with Crippen molar-refractivity contribution in [1.29, 1.82) is 0 Å². The summed E-state index contributed by atoms with van der Waals surface area (Å²) in [7, 11) is 0. The fourth-order valence-electron chi connectivity index (χ4n) is 3.30. The van der Waals surface area contributed by atoms with E-state index in [9.17, 15) is 4.79 Å². The number of pyridine rings is 1. The van der Waals surface area contributed by atoms with Gasteiger partial charge < -0.3 is 9.32 Å². The van der Waals surface area contributed by atoms with Crippen LogP contribution in [-0.2, 0) is 17.8 Å². The van der Waals surface area contributed by atoms with E-state index < -0.39 is 0 Å². The number of para-hydroxylation sites is 2. The van der Waals surface area contributed by atoms with Gasteiger partial charge in [0.2, 0.25) is 5.91 Å². The number of piperazine rings is 1. The van der Waals surface area contributed by atoms with Crippen LogP contribution in [0.3, 0.4) is 0 Å². The number of rotatable bonds is 5. The third-order valence-corrected chi connectivity index (χ3v) is 4.77. The smallest absolute Gasteiger partial charge is 0.223 e. The zero-order valence-electron chi connectivity index (χ0n) is 14.7. The molecule has 1 fully saturated rings. The fraction of sp³-hybridized carbons (Fsp3) is 0.350. The minimum atomic E-state index is 0.177. The molecule has 26 heavy (non-hydrogen) atoms. The van der Waals surface area contributed by atoms with Crippen LogP contribution < -0.4 is 0 Å². The number of benzene rings is 1. The second kappa shape index (κ2) is 7.66. The number of hydrogen-bond acceptors (Lipinski definition) is 5. The molecule has 6 heteroatoms. The lowest BCUT2D eigenvalue weighted by Crippen LogP contribution is -2.48. The van der Waals surface area contributed by atoms with Gasteiger partial charge in [0.05, 0.1) is 0 Å². The SMILES string of the molecule is O=C(CCc1nc2ccccc2o1)N1CCN(Cc2ccncc2)CC1. The average molecular weight is 350 g/mol. The molecule has 0 saturated carbocycles. The highest BCUT2D eigenvalue weighted by atomic mass is 16.3. The molecule has 0 N–H and O–H groups in total. The second-order valence-corrected chi connectivity index (χ2v) is 6.59. The fourth-order valence-corrected chi connectivity index (χ4v) is 3.30. The highest BCUT2D eigenvalue weighted by molar-refractivity contribution is 5.77. The Balaban J connectivity index is 1.25. The minimum absolute atomic E-state index is 0.177. The van der Waals surface area contributed by atoms with Gasteiger partial charge in [-0.1, -0.05) is 12.1 Å². The molecular formula is C20H22N4O2. The molecule has 1 aliphatic heterocycles. The quantitative estimate of drug-likeness (QED) is 0.707. The number of aryl methyl sites for hydroxylation is 1. The van der Waals surface area contributed by atoms with Gasteiger partial charge in [-0.25, -0.2) is 4.98 Å². The molecule has 134 valence electrons. The molecule has 0 bridgehead atoms. The first kappa shape index (κ1) is 16.7. The van der Waals surface area contributed by atoms with Gasteiger partial charge in [0.25, 0.3) is 0 Å². The summed E-state index contributed by atoms with van der Waals surface area (Å²) in [6.07, 6.45) is 4.63. The number of aromatic nitrogens is 2. The summed E-state index contributed by atoms with van der Waals surface area (Å²) < 4.78 is 5.69. The van der Waals surface area contributed by atoms with Crippen LogP contribution in [0.25, 0.3) is 11.1 Å². The largest absolute Gasteiger partial charge is 0.441 e. The zero-order valence-corrected chi connectivity index (χ0v) is 14.7. The Bertz CT molecular complexity index is 837. The Morgan fingerprint density at radius 3 is 2.58 bits per heavy atom. The third kappa shape index (κ3) is 3.91. The first-order valence-electron chi connectivity index (χ1n) is 9.01. The van der Waals surface area contributed by atoms with Crippen molar-refractivity contribution in [2.75, 3.05) is 26.2 Å². The van der Waals surface area contributed by atoms with Crippen LogP contribution >= 0.6 is 0 Å². The van der Waals surface area contributed by atoms with E-state index in [4.69, 9.17) is 4.42 Å². The number of hydrogen-bond donors (Lipinski definition) is 0. The van der Waals surface area contributed by atoms with Crippen LogP contribution in [0.2, 0.25) is 0 Å². The summed E-state index contributed by atoms with van der Waals surface area (Å²) in [5.74, 6) is 0.812. The van der Waals surface area contributed by atoms with Crippen molar-refractivity contribution in [2.45, 2.75) is 19.4 Å². The molecule has 0 unspecified atom stereocenters. The number of carbonyl (C=O) groups is 1. The number of nitrogens with zero attached hydrogens (tertiary/aromatic N) is 4. The monoisotopic (exact) mass is 350 g/mol. The van der Waals surface area contributed by atoms with Gasteiger partial charge >= 0.3 is 0 Å². The summed E-state index contributed by atoms with van der Waals surface area (Å²) in [6, 6.07) is 11.8. The summed E-state index contributed by atoms with van der Waals surface area (Å²) in [6.45, 7) is 4.26. The van der Waals surface area contributed by atoms with Crippen molar-refractivity contribution in [3.05, 3.63) is 60.2 Å². The Kier molecular flexibility index (Phi) is 4.93. The molecule has 3 heterocycles. The lowest BCUT2D eigenvalue weighted by atomic mass is 10.2. The maximum atomic E-state index is 12.5. The van der Waals surface area contributed by atoms with Crippen LogP contribution in [0.5, 0.6) is 0 Å². The van der Waals surface area contributed by atoms with Crippen molar-refractivity contribution in [1.82, 2.24) is 19.8 Å². The molecule has 0 atom stereocenters. The number of oxazole rings is 1. The Morgan fingerprint density at radius 1 is 1.04 bits per heavy atom. The van der Waals surface area contributed by atoms with Gasteiger partial charge in [-0.15, -0.1) is 0 Å². The third-order valence-electron chi connectivity index (χ3n) is 4.77. The molecule has 6 nitrogen and oxygen atoms in total. The van der Waals surface area contributed by atoms with Crippen LogP contribution in [0.4, 0.5) is 0 Å². The number of carbonyl (C=O) groups excluding carboxylic acids is 1. The van der Waals surface area contributed by atoms with Gasteiger partial charge in [-0.3, -0.25) is 14.7 Å². The van der Waals surface area contributed by atoms with E-state index in [0.717, 1.165) is 43.8 Å². The lowest BCUT2D eigenvalue weighted by Gasteiger charge is -2.34. The predicted octanol–water partition coefficient (Wildman–Crippen LogP) is 2.50. The van der Waals surface area contributed by atoms with Crippen molar-refractivity contribution < 1.29 is 9.21 Å². The van der Waals surface area contributed by atoms with Gasteiger partial charge in [0.1, 0.15) is 5.52 Å². The molecule has 1 amide bonds. The Hall–Kier alpha value is -2.73. The maximum Gasteiger partial charge on any atom is 0.223 e.